The van der Waals surface area contributed by atoms with Crippen molar-refractivity contribution in [3.63, 3.8) is 0 Å². The van der Waals surface area contributed by atoms with E-state index >= 15 is 0 Å². The maximum atomic E-state index is 12.0. The first-order valence-corrected chi connectivity index (χ1v) is 6.37. The summed E-state index contributed by atoms with van der Waals surface area (Å²) in [6, 6.07) is 14.4. The molecule has 19 heavy (non-hydrogen) atoms. The summed E-state index contributed by atoms with van der Waals surface area (Å²) in [4.78, 5) is 16.1. The number of hydrogen-bond donors (Lipinski definition) is 1. The summed E-state index contributed by atoms with van der Waals surface area (Å²) >= 11 is 3.26. The summed E-state index contributed by atoms with van der Waals surface area (Å²) in [7, 11) is 0. The summed E-state index contributed by atoms with van der Waals surface area (Å²) in [5.41, 5.74) is 0.666. The second-order valence-electron chi connectivity index (χ2n) is 3.82. The first kappa shape index (κ1) is 13.2. The number of aromatic nitrogens is 1. The number of hydrogen-bond acceptors (Lipinski definition) is 3. The maximum Gasteiger partial charge on any atom is 0.247 e. The molecule has 0 aliphatic rings. The van der Waals surface area contributed by atoms with Gasteiger partial charge in [-0.3, -0.25) is 4.79 Å². The molecule has 0 fully saturated rings. The van der Waals surface area contributed by atoms with Crippen LogP contribution in [0.4, 0.5) is 5.82 Å². The number of carbonyl (C=O) groups is 1. The quantitative estimate of drug-likeness (QED) is 0.946. The number of nitrogens with one attached hydrogen (secondary N) is 1. The first-order chi connectivity index (χ1) is 9.20. The largest absolute Gasteiger partial charge is 0.309 e. The fourth-order valence-electron chi connectivity index (χ4n) is 1.58. The summed E-state index contributed by atoms with van der Waals surface area (Å²) in [5, 5.41) is 11.8. The molecule has 0 spiro atoms. The molecule has 1 aromatic carbocycles. The number of pyridine rings is 1. The molecule has 0 aliphatic heterocycles. The summed E-state index contributed by atoms with van der Waals surface area (Å²) < 4.78 is 0.824. The van der Waals surface area contributed by atoms with Crippen molar-refractivity contribution in [1.29, 1.82) is 5.26 Å². The average molecular weight is 316 g/mol. The lowest BCUT2D eigenvalue weighted by Crippen LogP contribution is -2.20. The highest BCUT2D eigenvalue weighted by molar-refractivity contribution is 9.10. The molecule has 5 heteroatoms. The second-order valence-corrected chi connectivity index (χ2v) is 4.74. The van der Waals surface area contributed by atoms with E-state index in [-0.39, 0.29) is 5.91 Å². The Kier molecular flexibility index (Phi) is 4.26. The van der Waals surface area contributed by atoms with Crippen LogP contribution in [0.3, 0.4) is 0 Å². The Bertz CT molecular complexity index is 605. The van der Waals surface area contributed by atoms with Crippen molar-refractivity contribution in [2.75, 3.05) is 5.32 Å². The zero-order chi connectivity index (χ0) is 13.7. The topological polar surface area (TPSA) is 65.8 Å². The number of carbonyl (C=O) groups excluding carboxylic acids is 1. The van der Waals surface area contributed by atoms with Crippen LogP contribution in [0.25, 0.3) is 0 Å². The summed E-state index contributed by atoms with van der Waals surface area (Å²) in [5.74, 6) is -0.806. The predicted octanol–water partition coefficient (Wildman–Crippen LogP) is 3.09. The fourth-order valence-corrected chi connectivity index (χ4v) is 1.81. The average Bonchev–Trinajstić information content (AvgIpc) is 2.43. The smallest absolute Gasteiger partial charge is 0.247 e. The van der Waals surface area contributed by atoms with E-state index in [2.05, 4.69) is 26.2 Å². The van der Waals surface area contributed by atoms with Gasteiger partial charge in [-0.25, -0.2) is 4.98 Å². The molecule has 0 bridgehead atoms. The second kappa shape index (κ2) is 6.12. The molecule has 1 unspecified atom stereocenters. The van der Waals surface area contributed by atoms with Gasteiger partial charge in [0.1, 0.15) is 5.82 Å². The Balaban J connectivity index is 2.14. The molecule has 1 heterocycles. The lowest BCUT2D eigenvalue weighted by molar-refractivity contribution is -0.116. The van der Waals surface area contributed by atoms with Gasteiger partial charge in [0.2, 0.25) is 5.91 Å². The van der Waals surface area contributed by atoms with Crippen molar-refractivity contribution in [1.82, 2.24) is 4.98 Å². The van der Waals surface area contributed by atoms with Crippen LogP contribution < -0.4 is 5.32 Å². The van der Waals surface area contributed by atoms with Crippen LogP contribution in [0.5, 0.6) is 0 Å². The summed E-state index contributed by atoms with van der Waals surface area (Å²) in [6.45, 7) is 0. The van der Waals surface area contributed by atoms with E-state index in [9.17, 15) is 4.79 Å². The third-order valence-electron chi connectivity index (χ3n) is 2.50. The number of nitriles is 1. The fraction of sp³-hybridized carbons (Fsp3) is 0.0714. The summed E-state index contributed by atoms with van der Waals surface area (Å²) in [6.07, 6.45) is 1.58. The van der Waals surface area contributed by atoms with E-state index in [0.717, 1.165) is 4.47 Å². The van der Waals surface area contributed by atoms with Crippen LogP contribution in [0.15, 0.2) is 53.1 Å². The van der Waals surface area contributed by atoms with Gasteiger partial charge in [0, 0.05) is 10.7 Å². The van der Waals surface area contributed by atoms with Crippen molar-refractivity contribution in [3.8, 4) is 6.07 Å². The molecule has 2 aromatic rings. The number of anilines is 1. The highest BCUT2D eigenvalue weighted by atomic mass is 79.9. The number of nitrogens with zero attached hydrogens (tertiary/aromatic N) is 2. The van der Waals surface area contributed by atoms with E-state index in [1.54, 1.807) is 42.6 Å². The molecule has 1 amide bonds. The van der Waals surface area contributed by atoms with Crippen molar-refractivity contribution >= 4 is 27.7 Å². The Labute approximate surface area is 119 Å². The normalized spacial score (nSPS) is 11.4. The lowest BCUT2D eigenvalue weighted by Gasteiger charge is -2.09. The van der Waals surface area contributed by atoms with Crippen LogP contribution in [-0.2, 0) is 4.79 Å². The van der Waals surface area contributed by atoms with E-state index in [1.807, 2.05) is 12.1 Å². The third-order valence-corrected chi connectivity index (χ3v) is 2.97. The molecular weight excluding hydrogens is 306 g/mol. The Morgan fingerprint density at radius 1 is 1.26 bits per heavy atom. The molecule has 2 rings (SSSR count). The van der Waals surface area contributed by atoms with E-state index in [1.165, 1.54) is 0 Å². The molecule has 1 N–H and O–H groups in total. The van der Waals surface area contributed by atoms with E-state index in [4.69, 9.17) is 5.26 Å². The van der Waals surface area contributed by atoms with Gasteiger partial charge < -0.3 is 5.32 Å². The minimum atomic E-state index is -0.841. The first-order valence-electron chi connectivity index (χ1n) is 5.57. The molecule has 1 atom stereocenters. The highest BCUT2D eigenvalue weighted by Crippen LogP contribution is 2.17. The SMILES string of the molecule is N#CC(C(=O)Nc1ccc(Br)cn1)c1ccccc1. The predicted molar refractivity (Wildman–Crippen MR) is 75.4 cm³/mol. The molecule has 1 aromatic heterocycles. The van der Waals surface area contributed by atoms with Gasteiger partial charge in [-0.15, -0.1) is 0 Å². The van der Waals surface area contributed by atoms with E-state index < -0.39 is 5.92 Å². The highest BCUT2D eigenvalue weighted by Gasteiger charge is 2.20. The van der Waals surface area contributed by atoms with Gasteiger partial charge in [-0.1, -0.05) is 30.3 Å². The Morgan fingerprint density at radius 3 is 2.58 bits per heavy atom. The number of benzene rings is 1. The maximum absolute atomic E-state index is 12.0. The zero-order valence-electron chi connectivity index (χ0n) is 9.88. The van der Waals surface area contributed by atoms with Gasteiger partial charge in [0.25, 0.3) is 0 Å². The van der Waals surface area contributed by atoms with Crippen LogP contribution in [0.2, 0.25) is 0 Å². The van der Waals surface area contributed by atoms with E-state index in [0.29, 0.717) is 11.4 Å². The minimum Gasteiger partial charge on any atom is -0.309 e. The Hall–Kier alpha value is -2.19. The number of halogens is 1. The van der Waals surface area contributed by atoms with Gasteiger partial charge >= 0.3 is 0 Å². The standard InChI is InChI=1S/C14H10BrN3O/c15-11-6-7-13(17-9-11)18-14(19)12(8-16)10-4-2-1-3-5-10/h1-7,9,12H,(H,17,18,19). The third kappa shape index (κ3) is 3.39. The van der Waals surface area contributed by atoms with Crippen LogP contribution in [0, 0.1) is 11.3 Å². The van der Waals surface area contributed by atoms with Crippen LogP contribution in [-0.4, -0.2) is 10.9 Å². The van der Waals surface area contributed by atoms with Gasteiger partial charge in [0.15, 0.2) is 5.92 Å². The van der Waals surface area contributed by atoms with Crippen molar-refractivity contribution in [2.45, 2.75) is 5.92 Å². The molecule has 4 nitrogen and oxygen atoms in total. The van der Waals surface area contributed by atoms with Gasteiger partial charge in [0.05, 0.1) is 6.07 Å². The van der Waals surface area contributed by atoms with Crippen molar-refractivity contribution in [3.05, 3.63) is 58.7 Å². The molecule has 0 aliphatic carbocycles. The minimum absolute atomic E-state index is 0.386. The lowest BCUT2D eigenvalue weighted by atomic mass is 10.00. The monoisotopic (exact) mass is 315 g/mol. The number of rotatable bonds is 3. The van der Waals surface area contributed by atoms with Crippen molar-refractivity contribution < 1.29 is 4.79 Å². The van der Waals surface area contributed by atoms with Crippen molar-refractivity contribution in [2.24, 2.45) is 0 Å². The molecular formula is C14H10BrN3O. The molecule has 0 saturated heterocycles. The van der Waals surface area contributed by atoms with Gasteiger partial charge in [-0.2, -0.15) is 5.26 Å². The van der Waals surface area contributed by atoms with Crippen LogP contribution >= 0.6 is 15.9 Å². The number of amides is 1. The zero-order valence-corrected chi connectivity index (χ0v) is 11.5. The molecule has 0 saturated carbocycles. The molecule has 0 radical (unpaired) electrons. The Morgan fingerprint density at radius 2 is 2.00 bits per heavy atom. The van der Waals surface area contributed by atoms with Crippen LogP contribution in [0.1, 0.15) is 11.5 Å². The molecule has 94 valence electrons. The van der Waals surface area contributed by atoms with Gasteiger partial charge in [-0.05, 0) is 33.6 Å².